The number of anilines is 1. The largest absolute Gasteiger partial charge is 0.399 e. The van der Waals surface area contributed by atoms with Crippen molar-refractivity contribution in [2.45, 2.75) is 30.6 Å². The lowest BCUT2D eigenvalue weighted by molar-refractivity contribution is 0.421. The SMILES string of the molecule is CN(CC1CCCC1)Sc1ccc(N)cc1. The van der Waals surface area contributed by atoms with Gasteiger partial charge in [-0.25, -0.2) is 4.31 Å². The summed E-state index contributed by atoms with van der Waals surface area (Å²) in [5, 5.41) is 0. The zero-order valence-corrected chi connectivity index (χ0v) is 10.7. The van der Waals surface area contributed by atoms with Crippen molar-refractivity contribution in [2.24, 2.45) is 5.92 Å². The molecule has 2 rings (SSSR count). The first kappa shape index (κ1) is 11.8. The molecule has 0 unspecified atom stereocenters. The van der Waals surface area contributed by atoms with Gasteiger partial charge in [0.2, 0.25) is 0 Å². The number of benzene rings is 1. The number of hydrogen-bond acceptors (Lipinski definition) is 3. The molecule has 1 aliphatic carbocycles. The molecule has 0 aliphatic heterocycles. The Bertz CT molecular complexity index is 317. The Morgan fingerprint density at radius 2 is 1.88 bits per heavy atom. The normalized spacial score (nSPS) is 17.1. The van der Waals surface area contributed by atoms with E-state index in [1.807, 2.05) is 24.1 Å². The van der Waals surface area contributed by atoms with Crippen LogP contribution < -0.4 is 5.73 Å². The van der Waals surface area contributed by atoms with Crippen LogP contribution in [0.15, 0.2) is 29.2 Å². The summed E-state index contributed by atoms with van der Waals surface area (Å²) in [6.45, 7) is 1.20. The molecular formula is C13H20N2S. The molecule has 3 heteroatoms. The zero-order valence-electron chi connectivity index (χ0n) is 9.86. The van der Waals surface area contributed by atoms with Gasteiger partial charge in [-0.3, -0.25) is 0 Å². The molecule has 0 spiro atoms. The van der Waals surface area contributed by atoms with Crippen molar-refractivity contribution >= 4 is 17.6 Å². The van der Waals surface area contributed by atoms with E-state index in [1.165, 1.54) is 37.1 Å². The van der Waals surface area contributed by atoms with Gasteiger partial charge in [0.15, 0.2) is 0 Å². The van der Waals surface area contributed by atoms with Crippen LogP contribution in [0, 0.1) is 5.92 Å². The van der Waals surface area contributed by atoms with Crippen LogP contribution in [0.2, 0.25) is 0 Å². The molecule has 88 valence electrons. The summed E-state index contributed by atoms with van der Waals surface area (Å²) in [6.07, 6.45) is 5.66. The van der Waals surface area contributed by atoms with Gasteiger partial charge in [-0.1, -0.05) is 12.8 Å². The minimum atomic E-state index is 0.836. The Morgan fingerprint density at radius 3 is 2.50 bits per heavy atom. The second-order valence-electron chi connectivity index (χ2n) is 4.62. The first-order valence-electron chi connectivity index (χ1n) is 5.98. The molecule has 1 aliphatic rings. The minimum Gasteiger partial charge on any atom is -0.399 e. The summed E-state index contributed by atoms with van der Waals surface area (Å²) in [6, 6.07) is 8.10. The smallest absolute Gasteiger partial charge is 0.0314 e. The average molecular weight is 236 g/mol. The highest BCUT2D eigenvalue weighted by atomic mass is 32.2. The summed E-state index contributed by atoms with van der Waals surface area (Å²) in [4.78, 5) is 1.27. The Balaban J connectivity index is 1.81. The highest BCUT2D eigenvalue weighted by Crippen LogP contribution is 2.29. The summed E-state index contributed by atoms with van der Waals surface area (Å²) in [7, 11) is 2.18. The van der Waals surface area contributed by atoms with Crippen molar-refractivity contribution in [3.05, 3.63) is 24.3 Å². The van der Waals surface area contributed by atoms with E-state index in [1.54, 1.807) is 0 Å². The van der Waals surface area contributed by atoms with E-state index in [-0.39, 0.29) is 0 Å². The highest BCUT2D eigenvalue weighted by molar-refractivity contribution is 7.97. The van der Waals surface area contributed by atoms with Crippen molar-refractivity contribution in [3.63, 3.8) is 0 Å². The van der Waals surface area contributed by atoms with Crippen LogP contribution in [0.5, 0.6) is 0 Å². The van der Waals surface area contributed by atoms with Crippen LogP contribution in [-0.4, -0.2) is 17.9 Å². The lowest BCUT2D eigenvalue weighted by Crippen LogP contribution is -2.17. The molecule has 0 bridgehead atoms. The Hall–Kier alpha value is -0.670. The second-order valence-corrected chi connectivity index (χ2v) is 5.90. The van der Waals surface area contributed by atoms with Crippen LogP contribution in [0.25, 0.3) is 0 Å². The van der Waals surface area contributed by atoms with E-state index < -0.39 is 0 Å². The Morgan fingerprint density at radius 1 is 1.25 bits per heavy atom. The molecule has 0 saturated heterocycles. The maximum absolute atomic E-state index is 5.67. The summed E-state index contributed by atoms with van der Waals surface area (Å²) in [5.74, 6) is 0.909. The fourth-order valence-electron chi connectivity index (χ4n) is 2.30. The molecule has 0 aromatic heterocycles. The molecule has 2 N–H and O–H groups in total. The lowest BCUT2D eigenvalue weighted by atomic mass is 10.1. The third-order valence-electron chi connectivity index (χ3n) is 3.13. The van der Waals surface area contributed by atoms with Gasteiger partial charge in [0, 0.05) is 17.1 Å². The summed E-state index contributed by atoms with van der Waals surface area (Å²) in [5.41, 5.74) is 6.50. The van der Waals surface area contributed by atoms with Gasteiger partial charge in [-0.2, -0.15) is 0 Å². The van der Waals surface area contributed by atoms with E-state index in [0.717, 1.165) is 11.6 Å². The van der Waals surface area contributed by atoms with Crippen molar-refractivity contribution in [1.82, 2.24) is 4.31 Å². The van der Waals surface area contributed by atoms with Gasteiger partial charge in [0.05, 0.1) is 0 Å². The predicted octanol–water partition coefficient (Wildman–Crippen LogP) is 3.40. The molecule has 0 radical (unpaired) electrons. The number of nitrogen functional groups attached to an aromatic ring is 1. The Kier molecular flexibility index (Phi) is 4.13. The van der Waals surface area contributed by atoms with E-state index >= 15 is 0 Å². The van der Waals surface area contributed by atoms with Crippen LogP contribution in [0.1, 0.15) is 25.7 Å². The number of hydrogen-bond donors (Lipinski definition) is 1. The topological polar surface area (TPSA) is 29.3 Å². The van der Waals surface area contributed by atoms with Crippen LogP contribution in [0.4, 0.5) is 5.69 Å². The fourth-order valence-corrected chi connectivity index (χ4v) is 3.21. The van der Waals surface area contributed by atoms with E-state index in [9.17, 15) is 0 Å². The Labute approximate surface area is 102 Å². The molecule has 0 amide bonds. The first-order valence-corrected chi connectivity index (χ1v) is 6.76. The van der Waals surface area contributed by atoms with Gasteiger partial charge in [0.1, 0.15) is 0 Å². The molecule has 16 heavy (non-hydrogen) atoms. The van der Waals surface area contributed by atoms with Crippen LogP contribution in [0.3, 0.4) is 0 Å². The number of nitrogens with zero attached hydrogens (tertiary/aromatic N) is 1. The van der Waals surface area contributed by atoms with Crippen molar-refractivity contribution in [2.75, 3.05) is 19.3 Å². The third kappa shape index (κ3) is 3.42. The molecule has 0 atom stereocenters. The molecule has 1 aromatic rings. The monoisotopic (exact) mass is 236 g/mol. The molecule has 2 nitrogen and oxygen atoms in total. The third-order valence-corrected chi connectivity index (χ3v) is 4.08. The lowest BCUT2D eigenvalue weighted by Gasteiger charge is -2.19. The maximum Gasteiger partial charge on any atom is 0.0314 e. The standard InChI is InChI=1S/C13H20N2S/c1-15(10-11-4-2-3-5-11)16-13-8-6-12(14)7-9-13/h6-9,11H,2-5,10,14H2,1H3. The van der Waals surface area contributed by atoms with Crippen molar-refractivity contribution < 1.29 is 0 Å². The molecule has 1 fully saturated rings. The molecular weight excluding hydrogens is 216 g/mol. The second kappa shape index (κ2) is 5.60. The quantitative estimate of drug-likeness (QED) is 0.642. The van der Waals surface area contributed by atoms with Gasteiger partial charge in [0.25, 0.3) is 0 Å². The van der Waals surface area contributed by atoms with Gasteiger partial charge < -0.3 is 5.73 Å². The van der Waals surface area contributed by atoms with Gasteiger partial charge in [-0.15, -0.1) is 0 Å². The summed E-state index contributed by atoms with van der Waals surface area (Å²) >= 11 is 1.82. The van der Waals surface area contributed by atoms with Gasteiger partial charge >= 0.3 is 0 Å². The van der Waals surface area contributed by atoms with E-state index in [4.69, 9.17) is 5.73 Å². The molecule has 1 aromatic carbocycles. The van der Waals surface area contributed by atoms with E-state index in [0.29, 0.717) is 0 Å². The minimum absolute atomic E-state index is 0.836. The average Bonchev–Trinajstić information content (AvgIpc) is 2.74. The van der Waals surface area contributed by atoms with Crippen molar-refractivity contribution in [1.29, 1.82) is 0 Å². The number of rotatable bonds is 4. The highest BCUT2D eigenvalue weighted by Gasteiger charge is 2.17. The van der Waals surface area contributed by atoms with E-state index in [2.05, 4.69) is 23.5 Å². The van der Waals surface area contributed by atoms with Crippen LogP contribution >= 0.6 is 11.9 Å². The van der Waals surface area contributed by atoms with Crippen LogP contribution in [-0.2, 0) is 0 Å². The fraction of sp³-hybridized carbons (Fsp3) is 0.538. The molecule has 0 heterocycles. The maximum atomic E-state index is 5.67. The summed E-state index contributed by atoms with van der Waals surface area (Å²) < 4.78 is 2.35. The first-order chi connectivity index (χ1) is 7.74. The molecule has 1 saturated carbocycles. The number of nitrogens with two attached hydrogens (primary N) is 1. The zero-order chi connectivity index (χ0) is 11.4. The van der Waals surface area contributed by atoms with Gasteiger partial charge in [-0.05, 0) is 62.0 Å². The van der Waals surface area contributed by atoms with Crippen molar-refractivity contribution in [3.8, 4) is 0 Å². The predicted molar refractivity (Wildman–Crippen MR) is 71.3 cm³/mol.